The molecule has 1 amide bonds. The first kappa shape index (κ1) is 19.6. The molecule has 1 saturated carbocycles. The Hall–Kier alpha value is -1.73. The van der Waals surface area contributed by atoms with E-state index in [0.29, 0.717) is 12.6 Å². The number of aryl methyl sites for hydroxylation is 2. The molecule has 7 heteroatoms. The quantitative estimate of drug-likeness (QED) is 0.835. The average molecular weight is 403 g/mol. The molecule has 1 aliphatic heterocycles. The number of carbonyl (C=O) groups excluding carboxylic acids is 1. The van der Waals surface area contributed by atoms with Crippen molar-refractivity contribution in [3.63, 3.8) is 0 Å². The number of piperidine rings is 1. The fourth-order valence-electron chi connectivity index (χ4n) is 4.80. The largest absolute Gasteiger partial charge is 0.352 e. The Morgan fingerprint density at radius 3 is 2.82 bits per heavy atom. The van der Waals surface area contributed by atoms with Gasteiger partial charge in [-0.2, -0.15) is 0 Å². The molecular formula is C21H30N4O2S. The van der Waals surface area contributed by atoms with Crippen molar-refractivity contribution < 1.29 is 4.79 Å². The monoisotopic (exact) mass is 402 g/mol. The highest BCUT2D eigenvalue weighted by atomic mass is 32.1. The minimum absolute atomic E-state index is 0.0773. The van der Waals surface area contributed by atoms with Gasteiger partial charge in [0.25, 0.3) is 5.56 Å². The van der Waals surface area contributed by atoms with Crippen molar-refractivity contribution in [3.05, 3.63) is 27.1 Å². The number of hydrogen-bond donors (Lipinski definition) is 1. The molecule has 0 spiro atoms. The Morgan fingerprint density at radius 2 is 2.07 bits per heavy atom. The van der Waals surface area contributed by atoms with Gasteiger partial charge < -0.3 is 5.32 Å². The number of aromatic nitrogens is 2. The van der Waals surface area contributed by atoms with E-state index in [2.05, 4.69) is 29.0 Å². The molecule has 1 unspecified atom stereocenters. The predicted molar refractivity (Wildman–Crippen MR) is 113 cm³/mol. The number of thiophene rings is 1. The van der Waals surface area contributed by atoms with Gasteiger partial charge in [-0.3, -0.25) is 19.1 Å². The van der Waals surface area contributed by atoms with Crippen LogP contribution in [0.15, 0.2) is 11.1 Å². The summed E-state index contributed by atoms with van der Waals surface area (Å²) in [6.45, 7) is 6.23. The molecule has 28 heavy (non-hydrogen) atoms. The third-order valence-corrected chi connectivity index (χ3v) is 7.31. The summed E-state index contributed by atoms with van der Waals surface area (Å²) >= 11 is 1.61. The number of nitrogens with one attached hydrogen (secondary N) is 1. The first-order chi connectivity index (χ1) is 13.6. The second-order valence-electron chi connectivity index (χ2n) is 8.21. The number of carbonyl (C=O) groups is 1. The van der Waals surface area contributed by atoms with Crippen molar-refractivity contribution in [3.8, 4) is 0 Å². The van der Waals surface area contributed by atoms with E-state index in [-0.39, 0.29) is 17.5 Å². The minimum Gasteiger partial charge on any atom is -0.352 e. The van der Waals surface area contributed by atoms with Crippen LogP contribution in [0, 0.1) is 6.92 Å². The molecule has 0 bridgehead atoms. The van der Waals surface area contributed by atoms with E-state index in [1.165, 1.54) is 17.7 Å². The molecule has 1 aliphatic carbocycles. The maximum atomic E-state index is 13.2. The van der Waals surface area contributed by atoms with Gasteiger partial charge in [-0.1, -0.05) is 19.8 Å². The lowest BCUT2D eigenvalue weighted by molar-refractivity contribution is -0.123. The Kier molecular flexibility index (Phi) is 5.83. The summed E-state index contributed by atoms with van der Waals surface area (Å²) in [6.07, 6.45) is 9.17. The van der Waals surface area contributed by atoms with Crippen molar-refractivity contribution in [2.75, 3.05) is 19.6 Å². The minimum atomic E-state index is 0.0773. The molecule has 4 rings (SSSR count). The number of hydrogen-bond acceptors (Lipinski definition) is 5. The van der Waals surface area contributed by atoms with Gasteiger partial charge >= 0.3 is 0 Å². The van der Waals surface area contributed by atoms with Gasteiger partial charge in [-0.15, -0.1) is 11.3 Å². The fraction of sp³-hybridized carbons (Fsp3) is 0.667. The third kappa shape index (κ3) is 3.87. The molecule has 2 fully saturated rings. The Bertz CT molecular complexity index is 913. The predicted octanol–water partition coefficient (Wildman–Crippen LogP) is 3.02. The molecule has 2 aromatic heterocycles. The van der Waals surface area contributed by atoms with Gasteiger partial charge in [-0.05, 0) is 51.1 Å². The molecule has 1 N–H and O–H groups in total. The maximum Gasteiger partial charge on any atom is 0.262 e. The summed E-state index contributed by atoms with van der Waals surface area (Å²) in [5, 5.41) is 3.97. The van der Waals surface area contributed by atoms with E-state index < -0.39 is 0 Å². The van der Waals surface area contributed by atoms with Crippen LogP contribution in [0.25, 0.3) is 10.2 Å². The van der Waals surface area contributed by atoms with E-state index in [1.807, 2.05) is 4.57 Å². The third-order valence-electron chi connectivity index (χ3n) is 6.25. The molecule has 0 radical (unpaired) electrons. The van der Waals surface area contributed by atoms with Gasteiger partial charge in [0.2, 0.25) is 5.91 Å². The van der Waals surface area contributed by atoms with Crippen LogP contribution < -0.4 is 10.9 Å². The Labute approximate surface area is 169 Å². The van der Waals surface area contributed by atoms with Crippen molar-refractivity contribution in [2.45, 2.75) is 70.9 Å². The normalized spacial score (nSPS) is 21.4. The van der Waals surface area contributed by atoms with E-state index in [1.54, 1.807) is 17.7 Å². The average Bonchev–Trinajstić information content (AvgIpc) is 3.29. The summed E-state index contributed by atoms with van der Waals surface area (Å²) < 4.78 is 1.81. The first-order valence-corrected chi connectivity index (χ1v) is 11.4. The smallest absolute Gasteiger partial charge is 0.262 e. The maximum absolute atomic E-state index is 13.2. The Morgan fingerprint density at radius 1 is 1.29 bits per heavy atom. The molecule has 2 aromatic rings. The second kappa shape index (κ2) is 8.33. The van der Waals surface area contributed by atoms with Crippen molar-refractivity contribution >= 4 is 27.5 Å². The van der Waals surface area contributed by atoms with Crippen LogP contribution in [-0.2, 0) is 11.2 Å². The molecule has 3 heterocycles. The molecule has 0 aromatic carbocycles. The molecule has 6 nitrogen and oxygen atoms in total. The fourth-order valence-corrected chi connectivity index (χ4v) is 5.88. The molecule has 2 aliphatic rings. The lowest BCUT2D eigenvalue weighted by atomic mass is 10.0. The zero-order valence-corrected chi connectivity index (χ0v) is 17.7. The second-order valence-corrected chi connectivity index (χ2v) is 9.41. The van der Waals surface area contributed by atoms with Crippen molar-refractivity contribution in [1.29, 1.82) is 0 Å². The highest BCUT2D eigenvalue weighted by Crippen LogP contribution is 2.28. The Balaban J connectivity index is 1.49. The van der Waals surface area contributed by atoms with Crippen LogP contribution in [0.2, 0.25) is 0 Å². The van der Waals surface area contributed by atoms with Crippen LogP contribution in [-0.4, -0.2) is 46.0 Å². The number of amides is 1. The standard InChI is InChI=1S/C21H30N4O2S/c1-3-17-14(2)28-20-19(17)21(27)25(13-22-20)16-9-6-10-24(11-16)12-18(26)23-15-7-4-5-8-15/h13,15-16H,3-12H2,1-2H3,(H,23,26). The van der Waals surface area contributed by atoms with Crippen LogP contribution >= 0.6 is 11.3 Å². The van der Waals surface area contributed by atoms with Gasteiger partial charge in [0, 0.05) is 17.5 Å². The van der Waals surface area contributed by atoms with E-state index in [4.69, 9.17) is 0 Å². The highest BCUT2D eigenvalue weighted by Gasteiger charge is 2.26. The lowest BCUT2D eigenvalue weighted by Gasteiger charge is -2.33. The van der Waals surface area contributed by atoms with Crippen molar-refractivity contribution in [1.82, 2.24) is 19.8 Å². The molecule has 152 valence electrons. The zero-order chi connectivity index (χ0) is 19.7. The van der Waals surface area contributed by atoms with Gasteiger partial charge in [-0.25, -0.2) is 4.98 Å². The van der Waals surface area contributed by atoms with Gasteiger partial charge in [0.15, 0.2) is 0 Å². The first-order valence-electron chi connectivity index (χ1n) is 10.6. The van der Waals surface area contributed by atoms with Crippen LogP contribution in [0.3, 0.4) is 0 Å². The van der Waals surface area contributed by atoms with E-state index in [0.717, 1.165) is 61.0 Å². The van der Waals surface area contributed by atoms with Crippen LogP contribution in [0.1, 0.15) is 61.9 Å². The van der Waals surface area contributed by atoms with Crippen LogP contribution in [0.5, 0.6) is 0 Å². The van der Waals surface area contributed by atoms with E-state index in [9.17, 15) is 9.59 Å². The molecular weight excluding hydrogens is 372 g/mol. The number of fused-ring (bicyclic) bond motifs is 1. The summed E-state index contributed by atoms with van der Waals surface area (Å²) in [4.78, 5) is 34.4. The highest BCUT2D eigenvalue weighted by molar-refractivity contribution is 7.18. The van der Waals surface area contributed by atoms with Gasteiger partial charge in [0.05, 0.1) is 24.3 Å². The zero-order valence-electron chi connectivity index (χ0n) is 16.9. The summed E-state index contributed by atoms with van der Waals surface area (Å²) in [5.74, 6) is 0.121. The number of nitrogens with zero attached hydrogens (tertiary/aromatic N) is 3. The van der Waals surface area contributed by atoms with Gasteiger partial charge in [0.1, 0.15) is 4.83 Å². The lowest BCUT2D eigenvalue weighted by Crippen LogP contribution is -2.46. The molecule has 1 atom stereocenters. The number of rotatable bonds is 5. The van der Waals surface area contributed by atoms with Crippen molar-refractivity contribution in [2.24, 2.45) is 0 Å². The van der Waals surface area contributed by atoms with Crippen LogP contribution in [0.4, 0.5) is 0 Å². The molecule has 1 saturated heterocycles. The summed E-state index contributed by atoms with van der Waals surface area (Å²) in [7, 11) is 0. The van der Waals surface area contributed by atoms with E-state index >= 15 is 0 Å². The summed E-state index contributed by atoms with van der Waals surface area (Å²) in [6, 6.07) is 0.443. The summed E-state index contributed by atoms with van der Waals surface area (Å²) in [5.41, 5.74) is 1.21. The SMILES string of the molecule is CCc1c(C)sc2ncn(C3CCCN(CC(=O)NC4CCCC4)C3)c(=O)c12. The number of likely N-dealkylation sites (tertiary alicyclic amines) is 1. The topological polar surface area (TPSA) is 67.2 Å².